The van der Waals surface area contributed by atoms with Crippen molar-refractivity contribution in [1.29, 1.82) is 0 Å². The van der Waals surface area contributed by atoms with Crippen LogP contribution in [0.2, 0.25) is 0 Å². The van der Waals surface area contributed by atoms with Crippen molar-refractivity contribution < 1.29 is 31.6 Å². The number of amides is 1. The van der Waals surface area contributed by atoms with Crippen molar-refractivity contribution in [2.75, 3.05) is 17.7 Å². The maximum atomic E-state index is 13.9. The van der Waals surface area contributed by atoms with E-state index in [0.29, 0.717) is 32.5 Å². The quantitative estimate of drug-likeness (QED) is 0.493. The normalized spacial score (nSPS) is 14.5. The summed E-state index contributed by atoms with van der Waals surface area (Å²) in [6, 6.07) is 9.60. The summed E-state index contributed by atoms with van der Waals surface area (Å²) in [6.07, 6.45) is 0.547. The van der Waals surface area contributed by atoms with Gasteiger partial charge < -0.3 is 14.5 Å². The van der Waals surface area contributed by atoms with Crippen molar-refractivity contribution in [3.63, 3.8) is 0 Å². The van der Waals surface area contributed by atoms with Gasteiger partial charge in [0.25, 0.3) is 0 Å². The molecule has 2 aromatic heterocycles. The summed E-state index contributed by atoms with van der Waals surface area (Å²) in [6.45, 7) is 1.84. The number of ether oxygens (including phenoxy) is 1. The summed E-state index contributed by atoms with van der Waals surface area (Å²) < 4.78 is 48.8. The van der Waals surface area contributed by atoms with E-state index in [0.717, 1.165) is 11.3 Å². The zero-order valence-corrected chi connectivity index (χ0v) is 19.5. The van der Waals surface area contributed by atoms with Crippen LogP contribution in [0, 0.1) is 5.82 Å². The van der Waals surface area contributed by atoms with Gasteiger partial charge in [-0.25, -0.2) is 17.6 Å². The van der Waals surface area contributed by atoms with E-state index in [1.165, 1.54) is 6.07 Å². The average molecular weight is 492 g/mol. The predicted octanol–water partition coefficient (Wildman–Crippen LogP) is 4.37. The SMILES string of the molecule is CCOC(=O)c1c(NC(=O)CCc2ccc(-c3ccccc3F)o2)sc2c1CCS(=O)(=O)C2. The third-order valence-corrected chi connectivity index (χ3v) is 8.12. The maximum absolute atomic E-state index is 13.9. The maximum Gasteiger partial charge on any atom is 0.341 e. The van der Waals surface area contributed by atoms with Crippen molar-refractivity contribution >= 4 is 38.1 Å². The summed E-state index contributed by atoms with van der Waals surface area (Å²) in [7, 11) is -3.23. The Morgan fingerprint density at radius 2 is 2.00 bits per heavy atom. The fourth-order valence-corrected chi connectivity index (χ4v) is 6.73. The number of halogens is 1. The average Bonchev–Trinajstić information content (AvgIpc) is 3.36. The smallest absolute Gasteiger partial charge is 0.341 e. The second-order valence-corrected chi connectivity index (χ2v) is 10.9. The van der Waals surface area contributed by atoms with Crippen LogP contribution in [-0.4, -0.2) is 32.7 Å². The summed E-state index contributed by atoms with van der Waals surface area (Å²) in [5, 5.41) is 3.03. The molecule has 0 bridgehead atoms. The number of benzene rings is 1. The molecule has 3 aromatic rings. The van der Waals surface area contributed by atoms with Crippen LogP contribution in [0.3, 0.4) is 0 Å². The first-order valence-electron chi connectivity index (χ1n) is 10.4. The molecule has 0 unspecified atom stereocenters. The molecule has 0 aliphatic carbocycles. The second-order valence-electron chi connectivity index (χ2n) is 7.56. The van der Waals surface area contributed by atoms with Gasteiger partial charge in [0.2, 0.25) is 5.91 Å². The van der Waals surface area contributed by atoms with Gasteiger partial charge in [0.15, 0.2) is 9.84 Å². The molecule has 1 aliphatic heterocycles. The minimum absolute atomic E-state index is 0.0423. The molecular weight excluding hydrogens is 469 g/mol. The standard InChI is InChI=1S/C23H22FNO6S2/c1-2-30-23(27)21-16-11-12-33(28,29)13-19(16)32-22(21)25-20(26)10-8-14-7-9-18(31-14)15-5-3-4-6-17(15)24/h3-7,9H,2,8,10-13H2,1H3,(H,25,26). The highest BCUT2D eigenvalue weighted by molar-refractivity contribution is 7.90. The van der Waals surface area contributed by atoms with E-state index in [2.05, 4.69) is 5.32 Å². The monoisotopic (exact) mass is 491 g/mol. The van der Waals surface area contributed by atoms with Crippen molar-refractivity contribution in [3.8, 4) is 11.3 Å². The number of furan rings is 1. The lowest BCUT2D eigenvalue weighted by atomic mass is 10.1. The van der Waals surface area contributed by atoms with Gasteiger partial charge >= 0.3 is 5.97 Å². The molecular formula is C23H22FNO6S2. The number of anilines is 1. The molecule has 3 heterocycles. The Labute approximate surface area is 194 Å². The van der Waals surface area contributed by atoms with Crippen molar-refractivity contribution in [3.05, 3.63) is 64.0 Å². The van der Waals surface area contributed by atoms with Crippen LogP contribution >= 0.6 is 11.3 Å². The van der Waals surface area contributed by atoms with Gasteiger partial charge in [-0.15, -0.1) is 11.3 Å². The predicted molar refractivity (Wildman–Crippen MR) is 123 cm³/mol. The number of fused-ring (bicyclic) bond motifs is 1. The number of sulfone groups is 1. The zero-order valence-electron chi connectivity index (χ0n) is 17.9. The van der Waals surface area contributed by atoms with Crippen LogP contribution in [0.1, 0.15) is 39.9 Å². The van der Waals surface area contributed by atoms with Crippen molar-refractivity contribution in [2.45, 2.75) is 31.9 Å². The number of aryl methyl sites for hydroxylation is 1. The molecule has 4 rings (SSSR count). The molecule has 0 fully saturated rings. The number of rotatable bonds is 7. The van der Waals surface area contributed by atoms with Crippen LogP contribution in [-0.2, 0) is 38.0 Å². The first kappa shape index (κ1) is 23.2. The van der Waals surface area contributed by atoms with Crippen LogP contribution in [0.25, 0.3) is 11.3 Å². The molecule has 1 N–H and O–H groups in total. The van der Waals surface area contributed by atoms with Crippen molar-refractivity contribution in [1.82, 2.24) is 0 Å². The molecule has 0 spiro atoms. The minimum atomic E-state index is -3.23. The molecule has 33 heavy (non-hydrogen) atoms. The van der Waals surface area contributed by atoms with E-state index in [1.807, 2.05) is 0 Å². The number of thiophene rings is 1. The Morgan fingerprint density at radius 3 is 2.76 bits per heavy atom. The molecule has 0 radical (unpaired) electrons. The van der Waals surface area contributed by atoms with E-state index < -0.39 is 21.6 Å². The van der Waals surface area contributed by atoms with Gasteiger partial charge in [-0.2, -0.15) is 0 Å². The third kappa shape index (κ3) is 5.17. The molecule has 0 saturated carbocycles. The Bertz CT molecular complexity index is 1310. The van der Waals surface area contributed by atoms with Crippen LogP contribution in [0.5, 0.6) is 0 Å². The fourth-order valence-electron chi connectivity index (χ4n) is 3.67. The Morgan fingerprint density at radius 1 is 1.21 bits per heavy atom. The second kappa shape index (κ2) is 9.48. The van der Waals surface area contributed by atoms with Gasteiger partial charge in [-0.1, -0.05) is 12.1 Å². The number of carbonyl (C=O) groups excluding carboxylic acids is 2. The van der Waals surface area contributed by atoms with Crippen LogP contribution in [0.15, 0.2) is 40.8 Å². The Hall–Kier alpha value is -2.98. The summed E-state index contributed by atoms with van der Waals surface area (Å²) >= 11 is 1.09. The Balaban J connectivity index is 1.47. The van der Waals surface area contributed by atoms with Crippen LogP contribution < -0.4 is 5.32 Å². The lowest BCUT2D eigenvalue weighted by molar-refractivity contribution is -0.116. The molecule has 1 amide bonds. The molecule has 174 valence electrons. The fraction of sp³-hybridized carbons (Fsp3) is 0.304. The molecule has 1 aliphatic rings. The lowest BCUT2D eigenvalue weighted by Crippen LogP contribution is -2.20. The molecule has 1 aromatic carbocycles. The number of hydrogen-bond acceptors (Lipinski definition) is 7. The zero-order chi connectivity index (χ0) is 23.6. The van der Waals surface area contributed by atoms with E-state index >= 15 is 0 Å². The third-order valence-electron chi connectivity index (χ3n) is 5.24. The first-order valence-corrected chi connectivity index (χ1v) is 13.1. The highest BCUT2D eigenvalue weighted by Gasteiger charge is 2.32. The van der Waals surface area contributed by atoms with Gasteiger partial charge in [-0.05, 0) is 43.2 Å². The van der Waals surface area contributed by atoms with E-state index in [-0.39, 0.29) is 48.8 Å². The summed E-state index contributed by atoms with van der Waals surface area (Å²) in [4.78, 5) is 25.7. The van der Waals surface area contributed by atoms with Gasteiger partial charge in [0.1, 0.15) is 22.3 Å². The molecule has 0 atom stereocenters. The van der Waals surface area contributed by atoms with Gasteiger partial charge in [-0.3, -0.25) is 4.79 Å². The first-order chi connectivity index (χ1) is 15.8. The highest BCUT2D eigenvalue weighted by Crippen LogP contribution is 2.38. The molecule has 10 heteroatoms. The van der Waals surface area contributed by atoms with E-state index in [1.54, 1.807) is 37.3 Å². The number of hydrogen-bond donors (Lipinski definition) is 1. The number of carbonyl (C=O) groups is 2. The van der Waals surface area contributed by atoms with Gasteiger partial charge in [0.05, 0.1) is 29.2 Å². The summed E-state index contributed by atoms with van der Waals surface area (Å²) in [5.74, 6) is -0.631. The van der Waals surface area contributed by atoms with Gasteiger partial charge in [0, 0.05) is 17.7 Å². The minimum Gasteiger partial charge on any atom is -0.462 e. The van der Waals surface area contributed by atoms with Crippen LogP contribution in [0.4, 0.5) is 9.39 Å². The van der Waals surface area contributed by atoms with E-state index in [9.17, 15) is 22.4 Å². The number of esters is 1. The molecule has 7 nitrogen and oxygen atoms in total. The molecule has 0 saturated heterocycles. The lowest BCUT2D eigenvalue weighted by Gasteiger charge is -2.13. The Kier molecular flexibility index (Phi) is 6.66. The number of nitrogens with one attached hydrogen (secondary N) is 1. The highest BCUT2D eigenvalue weighted by atomic mass is 32.2. The summed E-state index contributed by atoms with van der Waals surface area (Å²) in [5.41, 5.74) is 1.20. The topological polar surface area (TPSA) is 103 Å². The van der Waals surface area contributed by atoms with Crippen molar-refractivity contribution in [2.24, 2.45) is 0 Å². The van der Waals surface area contributed by atoms with E-state index in [4.69, 9.17) is 9.15 Å². The largest absolute Gasteiger partial charge is 0.462 e.